The van der Waals surface area contributed by atoms with Crippen LogP contribution in [0, 0.1) is 0 Å². The molecule has 0 aromatic heterocycles. The number of carbonyl (C=O) groups excluding carboxylic acids is 1. The molecule has 0 fully saturated rings. The summed E-state index contributed by atoms with van der Waals surface area (Å²) in [6.45, 7) is 5.11. The standard InChI is InChI=1S/C20H24N2O3/c1-2-9-24-18-5-7-19(8-6-18)25-14-20(23)22-11-15-3-4-16-12-21-13-17(16)10-15/h3-8,10,21H,2,9,11-14H2,1H3,(H,22,23). The molecule has 5 heteroatoms. The van der Waals surface area contributed by atoms with Crippen molar-refractivity contribution in [1.82, 2.24) is 10.6 Å². The van der Waals surface area contributed by atoms with E-state index in [-0.39, 0.29) is 12.5 Å². The van der Waals surface area contributed by atoms with Crippen molar-refractivity contribution in [2.45, 2.75) is 33.0 Å². The largest absolute Gasteiger partial charge is 0.494 e. The molecule has 0 radical (unpaired) electrons. The first-order valence-corrected chi connectivity index (χ1v) is 8.68. The van der Waals surface area contributed by atoms with E-state index in [1.54, 1.807) is 0 Å². The Balaban J connectivity index is 1.42. The zero-order valence-electron chi connectivity index (χ0n) is 14.5. The summed E-state index contributed by atoms with van der Waals surface area (Å²) in [6.07, 6.45) is 0.971. The minimum absolute atomic E-state index is 0.00165. The Morgan fingerprint density at radius 3 is 2.52 bits per heavy atom. The quantitative estimate of drug-likeness (QED) is 0.776. The molecule has 2 N–H and O–H groups in total. The SMILES string of the molecule is CCCOc1ccc(OCC(=O)NCc2ccc3c(c2)CNC3)cc1. The van der Waals surface area contributed by atoms with Crippen LogP contribution in [0.2, 0.25) is 0 Å². The maximum Gasteiger partial charge on any atom is 0.258 e. The summed E-state index contributed by atoms with van der Waals surface area (Å²) < 4.78 is 11.0. The average molecular weight is 340 g/mol. The minimum Gasteiger partial charge on any atom is -0.494 e. The summed E-state index contributed by atoms with van der Waals surface area (Å²) in [4.78, 5) is 12.0. The molecule has 25 heavy (non-hydrogen) atoms. The third kappa shape index (κ3) is 4.97. The van der Waals surface area contributed by atoms with Crippen LogP contribution in [0.4, 0.5) is 0 Å². The fourth-order valence-electron chi connectivity index (χ4n) is 2.71. The molecule has 0 bridgehead atoms. The molecular weight excluding hydrogens is 316 g/mol. The summed E-state index contributed by atoms with van der Waals surface area (Å²) in [6, 6.07) is 13.6. The van der Waals surface area contributed by atoms with Crippen LogP contribution >= 0.6 is 0 Å². The third-order valence-electron chi connectivity index (χ3n) is 4.06. The molecule has 2 aromatic carbocycles. The Kier molecular flexibility index (Phi) is 5.90. The smallest absolute Gasteiger partial charge is 0.258 e. The van der Waals surface area contributed by atoms with Crippen LogP contribution in [0.25, 0.3) is 0 Å². The zero-order valence-corrected chi connectivity index (χ0v) is 14.5. The van der Waals surface area contributed by atoms with Crippen LogP contribution in [0.1, 0.15) is 30.0 Å². The van der Waals surface area contributed by atoms with E-state index in [1.165, 1.54) is 11.1 Å². The van der Waals surface area contributed by atoms with E-state index in [0.29, 0.717) is 18.9 Å². The number of benzene rings is 2. The van der Waals surface area contributed by atoms with Crippen LogP contribution in [0.5, 0.6) is 11.5 Å². The van der Waals surface area contributed by atoms with Crippen molar-refractivity contribution in [3.8, 4) is 11.5 Å². The number of hydrogen-bond acceptors (Lipinski definition) is 4. The van der Waals surface area contributed by atoms with Crippen LogP contribution < -0.4 is 20.1 Å². The van der Waals surface area contributed by atoms with E-state index in [0.717, 1.165) is 30.8 Å². The number of carbonyl (C=O) groups is 1. The molecule has 0 saturated carbocycles. The zero-order chi connectivity index (χ0) is 17.5. The Labute approximate surface area is 148 Å². The average Bonchev–Trinajstić information content (AvgIpc) is 3.11. The Bertz CT molecular complexity index is 713. The van der Waals surface area contributed by atoms with Gasteiger partial charge in [0.2, 0.25) is 0 Å². The molecule has 1 aliphatic rings. The van der Waals surface area contributed by atoms with Gasteiger partial charge in [-0.1, -0.05) is 25.1 Å². The second-order valence-electron chi connectivity index (χ2n) is 6.09. The van der Waals surface area contributed by atoms with Crippen molar-refractivity contribution in [3.63, 3.8) is 0 Å². The number of hydrogen-bond donors (Lipinski definition) is 2. The number of nitrogens with one attached hydrogen (secondary N) is 2. The predicted molar refractivity (Wildman–Crippen MR) is 96.6 cm³/mol. The lowest BCUT2D eigenvalue weighted by Gasteiger charge is -2.09. The normalized spacial score (nSPS) is 12.5. The van der Waals surface area contributed by atoms with Crippen LogP contribution in [0.15, 0.2) is 42.5 Å². The molecule has 132 valence electrons. The summed E-state index contributed by atoms with van der Waals surface area (Å²) >= 11 is 0. The van der Waals surface area contributed by atoms with Crippen molar-refractivity contribution < 1.29 is 14.3 Å². The lowest BCUT2D eigenvalue weighted by Crippen LogP contribution is -2.28. The highest BCUT2D eigenvalue weighted by molar-refractivity contribution is 5.77. The molecule has 5 nitrogen and oxygen atoms in total. The minimum atomic E-state index is -0.134. The molecule has 1 aliphatic heterocycles. The van der Waals surface area contributed by atoms with Gasteiger partial charge in [0.25, 0.3) is 5.91 Å². The Morgan fingerprint density at radius 1 is 1.04 bits per heavy atom. The van der Waals surface area contributed by atoms with Gasteiger partial charge in [-0.15, -0.1) is 0 Å². The molecule has 0 spiro atoms. The number of rotatable bonds is 8. The number of fused-ring (bicyclic) bond motifs is 1. The fraction of sp³-hybridized carbons (Fsp3) is 0.350. The lowest BCUT2D eigenvalue weighted by molar-refractivity contribution is -0.123. The van der Waals surface area contributed by atoms with Gasteiger partial charge in [-0.3, -0.25) is 4.79 Å². The summed E-state index contributed by atoms with van der Waals surface area (Å²) in [5, 5.41) is 6.21. The first kappa shape index (κ1) is 17.3. The molecule has 0 unspecified atom stereocenters. The van der Waals surface area contributed by atoms with Gasteiger partial charge in [-0.25, -0.2) is 0 Å². The fourth-order valence-corrected chi connectivity index (χ4v) is 2.71. The van der Waals surface area contributed by atoms with Crippen LogP contribution in [0.3, 0.4) is 0 Å². The molecule has 2 aromatic rings. The van der Waals surface area contributed by atoms with Gasteiger partial charge >= 0.3 is 0 Å². The Hall–Kier alpha value is -2.53. The van der Waals surface area contributed by atoms with Gasteiger partial charge in [0.15, 0.2) is 6.61 Å². The van der Waals surface area contributed by atoms with Crippen molar-refractivity contribution in [1.29, 1.82) is 0 Å². The van der Waals surface area contributed by atoms with Crippen LogP contribution in [-0.2, 0) is 24.4 Å². The van der Waals surface area contributed by atoms with Crippen molar-refractivity contribution in [2.24, 2.45) is 0 Å². The van der Waals surface area contributed by atoms with Gasteiger partial charge in [0.1, 0.15) is 11.5 Å². The third-order valence-corrected chi connectivity index (χ3v) is 4.06. The van der Waals surface area contributed by atoms with Crippen molar-refractivity contribution in [2.75, 3.05) is 13.2 Å². The van der Waals surface area contributed by atoms with Crippen molar-refractivity contribution in [3.05, 3.63) is 59.2 Å². The second kappa shape index (κ2) is 8.53. The van der Waals surface area contributed by atoms with E-state index >= 15 is 0 Å². The molecule has 0 saturated heterocycles. The lowest BCUT2D eigenvalue weighted by atomic mass is 10.1. The van der Waals surface area contributed by atoms with E-state index in [9.17, 15) is 4.79 Å². The highest BCUT2D eigenvalue weighted by Crippen LogP contribution is 2.18. The van der Waals surface area contributed by atoms with Gasteiger partial charge in [-0.05, 0) is 47.4 Å². The summed E-state index contributed by atoms with van der Waals surface area (Å²) in [7, 11) is 0. The van der Waals surface area contributed by atoms with Gasteiger partial charge < -0.3 is 20.1 Å². The second-order valence-corrected chi connectivity index (χ2v) is 6.09. The maximum absolute atomic E-state index is 12.0. The number of ether oxygens (including phenoxy) is 2. The van der Waals surface area contributed by atoms with E-state index in [1.807, 2.05) is 24.3 Å². The van der Waals surface area contributed by atoms with Gasteiger partial charge in [0.05, 0.1) is 6.61 Å². The topological polar surface area (TPSA) is 59.6 Å². The van der Waals surface area contributed by atoms with Gasteiger partial charge in [0, 0.05) is 19.6 Å². The summed E-state index contributed by atoms with van der Waals surface area (Å²) in [5.74, 6) is 1.33. The highest BCUT2D eigenvalue weighted by atomic mass is 16.5. The molecule has 0 atom stereocenters. The Morgan fingerprint density at radius 2 is 1.76 bits per heavy atom. The first-order chi connectivity index (χ1) is 12.2. The number of amides is 1. The van der Waals surface area contributed by atoms with E-state index < -0.39 is 0 Å². The predicted octanol–water partition coefficient (Wildman–Crippen LogP) is 2.77. The monoisotopic (exact) mass is 340 g/mol. The summed E-state index contributed by atoms with van der Waals surface area (Å²) in [5.41, 5.74) is 3.76. The molecule has 0 aliphatic carbocycles. The highest BCUT2D eigenvalue weighted by Gasteiger charge is 2.10. The van der Waals surface area contributed by atoms with Gasteiger partial charge in [-0.2, -0.15) is 0 Å². The molecule has 1 amide bonds. The first-order valence-electron chi connectivity index (χ1n) is 8.68. The molecule has 1 heterocycles. The maximum atomic E-state index is 12.0. The van der Waals surface area contributed by atoms with E-state index in [2.05, 4.69) is 35.8 Å². The molecular formula is C20H24N2O3. The molecule has 3 rings (SSSR count). The van der Waals surface area contributed by atoms with E-state index in [4.69, 9.17) is 9.47 Å². The van der Waals surface area contributed by atoms with Crippen molar-refractivity contribution >= 4 is 5.91 Å². The van der Waals surface area contributed by atoms with Crippen LogP contribution in [-0.4, -0.2) is 19.1 Å².